The van der Waals surface area contributed by atoms with Gasteiger partial charge in [-0.05, 0) is 42.9 Å². The van der Waals surface area contributed by atoms with Crippen LogP contribution in [0.1, 0.15) is 30.1 Å². The third kappa shape index (κ3) is 3.16. The molecule has 1 aromatic carbocycles. The monoisotopic (exact) mass is 479 g/mol. The summed E-state index contributed by atoms with van der Waals surface area (Å²) in [5.41, 5.74) is 0.117. The van der Waals surface area contributed by atoms with Gasteiger partial charge in [-0.3, -0.25) is 0 Å². The summed E-state index contributed by atoms with van der Waals surface area (Å²) in [6.07, 6.45) is 1.77. The molecule has 2 bridgehead atoms. The Hall–Kier alpha value is -0.870. The van der Waals surface area contributed by atoms with Gasteiger partial charge in [0.25, 0.3) is 0 Å². The van der Waals surface area contributed by atoms with Crippen molar-refractivity contribution in [3.8, 4) is 5.75 Å². The maximum Gasteiger partial charge on any atom is 0.341 e. The molecule has 8 heteroatoms. The number of alkyl halides is 1. The molecule has 0 N–H and O–H groups in total. The molecule has 2 heterocycles. The lowest BCUT2D eigenvalue weighted by Gasteiger charge is -2.45. The molecule has 3 fully saturated rings. The van der Waals surface area contributed by atoms with E-state index in [0.29, 0.717) is 28.1 Å². The minimum Gasteiger partial charge on any atom is -0.496 e. The van der Waals surface area contributed by atoms with Gasteiger partial charge in [0, 0.05) is 16.5 Å². The number of benzene rings is 1. The predicted molar refractivity (Wildman–Crippen MR) is 102 cm³/mol. The van der Waals surface area contributed by atoms with E-state index in [1.807, 2.05) is 0 Å². The largest absolute Gasteiger partial charge is 0.496 e. The van der Waals surface area contributed by atoms with Crippen LogP contribution < -0.4 is 4.74 Å². The van der Waals surface area contributed by atoms with Gasteiger partial charge in [-0.15, -0.1) is 0 Å². The first-order valence-electron chi connectivity index (χ1n) is 8.23. The topological polar surface area (TPSA) is 72.9 Å². The molecule has 2 aliphatic heterocycles. The van der Waals surface area contributed by atoms with E-state index in [1.54, 1.807) is 4.31 Å². The molecule has 3 aliphatic rings. The summed E-state index contributed by atoms with van der Waals surface area (Å²) in [4.78, 5) is 12.1. The lowest BCUT2D eigenvalue weighted by molar-refractivity contribution is 0.0597. The smallest absolute Gasteiger partial charge is 0.341 e. The summed E-state index contributed by atoms with van der Waals surface area (Å²) >= 11 is 2.38. The number of nitrogens with zero attached hydrogens (tertiary/aromatic N) is 1. The molecule has 6 nitrogen and oxygen atoms in total. The Morgan fingerprint density at radius 1 is 1.32 bits per heavy atom. The summed E-state index contributed by atoms with van der Waals surface area (Å²) in [5.74, 6) is 0.798. The molecule has 138 valence electrons. The Morgan fingerprint density at radius 2 is 2.04 bits per heavy atom. The molecule has 4 rings (SSSR count). The van der Waals surface area contributed by atoms with Gasteiger partial charge < -0.3 is 9.47 Å². The number of ether oxygens (including phenoxy) is 2. The van der Waals surface area contributed by atoms with Crippen molar-refractivity contribution >= 4 is 38.6 Å². The molecule has 1 saturated carbocycles. The first kappa shape index (κ1) is 18.9. The van der Waals surface area contributed by atoms with Gasteiger partial charge in [0.2, 0.25) is 10.0 Å². The van der Waals surface area contributed by atoms with Gasteiger partial charge in [-0.2, -0.15) is 4.31 Å². The molecule has 2 saturated heterocycles. The summed E-state index contributed by atoms with van der Waals surface area (Å²) in [5, 5.41) is 0. The highest BCUT2D eigenvalue weighted by Gasteiger charge is 2.51. The van der Waals surface area contributed by atoms with Crippen molar-refractivity contribution in [2.45, 2.75) is 34.6 Å². The number of hydrogen-bond donors (Lipinski definition) is 0. The Morgan fingerprint density at radius 3 is 2.64 bits per heavy atom. The molecule has 4 atom stereocenters. The van der Waals surface area contributed by atoms with E-state index < -0.39 is 16.0 Å². The van der Waals surface area contributed by atoms with E-state index in [9.17, 15) is 13.2 Å². The zero-order chi connectivity index (χ0) is 18.4. The highest BCUT2D eigenvalue weighted by molar-refractivity contribution is 14.1. The van der Waals surface area contributed by atoms with E-state index in [-0.39, 0.29) is 16.5 Å². The van der Waals surface area contributed by atoms with E-state index in [4.69, 9.17) is 9.47 Å². The average molecular weight is 479 g/mol. The fourth-order valence-corrected chi connectivity index (χ4v) is 7.31. The quantitative estimate of drug-likeness (QED) is 0.377. The van der Waals surface area contributed by atoms with Crippen molar-refractivity contribution in [3.05, 3.63) is 23.8 Å². The average Bonchev–Trinajstić information content (AvgIpc) is 2.86. The Bertz CT molecular complexity index is 781. The Kier molecular flexibility index (Phi) is 5.32. The Labute approximate surface area is 162 Å². The summed E-state index contributed by atoms with van der Waals surface area (Å²) in [6, 6.07) is 4.38. The van der Waals surface area contributed by atoms with E-state index in [1.165, 1.54) is 32.4 Å². The van der Waals surface area contributed by atoms with Crippen LogP contribution >= 0.6 is 22.6 Å². The van der Waals surface area contributed by atoms with E-state index in [0.717, 1.165) is 12.8 Å². The van der Waals surface area contributed by atoms with Crippen LogP contribution in [0.4, 0.5) is 0 Å². The minimum atomic E-state index is -3.68. The van der Waals surface area contributed by atoms with Gasteiger partial charge in [-0.25, -0.2) is 13.2 Å². The third-order valence-electron chi connectivity index (χ3n) is 5.38. The van der Waals surface area contributed by atoms with Crippen molar-refractivity contribution in [1.29, 1.82) is 0 Å². The zero-order valence-corrected chi connectivity index (χ0v) is 17.4. The van der Waals surface area contributed by atoms with Gasteiger partial charge in [0.1, 0.15) is 11.3 Å². The first-order chi connectivity index (χ1) is 11.8. The third-order valence-corrected chi connectivity index (χ3v) is 9.05. The van der Waals surface area contributed by atoms with Crippen LogP contribution in [0.2, 0.25) is 0 Å². The van der Waals surface area contributed by atoms with Gasteiger partial charge in [0.15, 0.2) is 0 Å². The van der Waals surface area contributed by atoms with Crippen molar-refractivity contribution < 1.29 is 22.7 Å². The second-order valence-corrected chi connectivity index (χ2v) is 9.98. The number of halogens is 1. The van der Waals surface area contributed by atoms with Crippen LogP contribution in [-0.4, -0.2) is 49.4 Å². The molecule has 4 unspecified atom stereocenters. The van der Waals surface area contributed by atoms with Crippen LogP contribution in [0.3, 0.4) is 0 Å². The number of carbonyl (C=O) groups is 1. The van der Waals surface area contributed by atoms with Crippen molar-refractivity contribution in [1.82, 2.24) is 4.31 Å². The predicted octanol–water partition coefficient (Wildman–Crippen LogP) is 2.70. The number of rotatable bonds is 4. The number of fused-ring (bicyclic) bond motifs is 3. The van der Waals surface area contributed by atoms with Crippen molar-refractivity contribution in [3.63, 3.8) is 0 Å². The number of sulfonamides is 1. The summed E-state index contributed by atoms with van der Waals surface area (Å²) in [6.45, 7) is 2.72. The Balaban J connectivity index is 1.99. The normalized spacial score (nSPS) is 29.4. The van der Waals surface area contributed by atoms with Gasteiger partial charge >= 0.3 is 5.97 Å². The fraction of sp³-hybridized carbons (Fsp3) is 0.588. The zero-order valence-electron chi connectivity index (χ0n) is 14.4. The number of carbonyl (C=O) groups excluding carboxylic acids is 1. The number of esters is 1. The molecule has 0 radical (unpaired) electrons. The molecule has 25 heavy (non-hydrogen) atoms. The van der Waals surface area contributed by atoms with E-state index >= 15 is 0 Å². The van der Waals surface area contributed by atoms with Crippen LogP contribution in [-0.2, 0) is 14.8 Å². The molecule has 0 amide bonds. The second kappa shape index (κ2) is 7.03. The first-order valence-corrected chi connectivity index (χ1v) is 10.9. The van der Waals surface area contributed by atoms with Crippen molar-refractivity contribution in [2.75, 3.05) is 20.8 Å². The van der Waals surface area contributed by atoms with Gasteiger partial charge in [-0.1, -0.05) is 29.5 Å². The lowest BCUT2D eigenvalue weighted by atomic mass is 9.74. The molecule has 1 aromatic rings. The molecule has 1 aliphatic carbocycles. The van der Waals surface area contributed by atoms with Crippen LogP contribution in [0.15, 0.2) is 23.1 Å². The second-order valence-electron chi connectivity index (χ2n) is 6.65. The van der Waals surface area contributed by atoms with E-state index in [2.05, 4.69) is 29.5 Å². The van der Waals surface area contributed by atoms with Crippen LogP contribution in [0.25, 0.3) is 0 Å². The molecular formula is C17H22INO5S. The SMILES string of the molecule is COC(=O)c1cc(S(=O)(=O)N2CCC(C)C3CC2C3I)ccc1OC. The summed E-state index contributed by atoms with van der Waals surface area (Å²) < 4.78 is 38.3. The summed E-state index contributed by atoms with van der Waals surface area (Å²) in [7, 11) is -0.987. The standard InChI is InChI=1S/C17H22INO5S/c1-10-6-7-19(14-9-12(10)16(14)18)25(21,22)11-4-5-15(23-2)13(8-11)17(20)24-3/h4-5,8,10,12,14,16H,6-7,9H2,1-3H3. The van der Waals surface area contributed by atoms with Crippen LogP contribution in [0, 0.1) is 11.8 Å². The fourth-order valence-electron chi connectivity index (χ4n) is 3.71. The minimum absolute atomic E-state index is 0.0317. The lowest BCUT2D eigenvalue weighted by Crippen LogP contribution is -2.54. The van der Waals surface area contributed by atoms with Crippen molar-refractivity contribution in [2.24, 2.45) is 11.8 Å². The highest BCUT2D eigenvalue weighted by Crippen LogP contribution is 2.48. The maximum absolute atomic E-state index is 13.2. The maximum atomic E-state index is 13.2. The molecular weight excluding hydrogens is 457 g/mol. The number of methoxy groups -OCH3 is 2. The highest BCUT2D eigenvalue weighted by atomic mass is 127. The van der Waals surface area contributed by atoms with Crippen LogP contribution in [0.5, 0.6) is 5.75 Å². The molecule has 0 spiro atoms. The number of hydrogen-bond acceptors (Lipinski definition) is 5. The molecule has 0 aromatic heterocycles. The van der Waals surface area contributed by atoms with Gasteiger partial charge in [0.05, 0.1) is 19.1 Å².